The maximum absolute atomic E-state index is 10.8. The zero-order valence-electron chi connectivity index (χ0n) is 20.1. The summed E-state index contributed by atoms with van der Waals surface area (Å²) in [6, 6.07) is 18.2. The summed E-state index contributed by atoms with van der Waals surface area (Å²) in [6.07, 6.45) is -0.692. The van der Waals surface area contributed by atoms with Crippen LogP contribution in [-0.4, -0.2) is 27.4 Å². The van der Waals surface area contributed by atoms with Crippen LogP contribution < -0.4 is 9.47 Å². The van der Waals surface area contributed by atoms with Crippen molar-refractivity contribution in [2.24, 2.45) is 0 Å². The Bertz CT molecular complexity index is 1280. The Morgan fingerprint density at radius 2 is 1.61 bits per heavy atom. The molecule has 3 aromatic carbocycles. The van der Waals surface area contributed by atoms with Gasteiger partial charge in [-0.3, -0.25) is 0 Å². The molecule has 0 fully saturated rings. The molecule has 4 rings (SSSR count). The van der Waals surface area contributed by atoms with Crippen LogP contribution >= 0.6 is 0 Å². The van der Waals surface area contributed by atoms with Gasteiger partial charge in [-0.05, 0) is 81.1 Å². The van der Waals surface area contributed by atoms with Gasteiger partial charge in [-0.25, -0.2) is 4.98 Å². The van der Waals surface area contributed by atoms with Gasteiger partial charge in [-0.2, -0.15) is 0 Å². The first-order chi connectivity index (χ1) is 15.8. The molecule has 0 saturated carbocycles. The first-order valence-corrected chi connectivity index (χ1v) is 11.3. The van der Waals surface area contributed by atoms with Crippen LogP contribution in [-0.2, 0) is 13.2 Å². The summed E-state index contributed by atoms with van der Waals surface area (Å²) in [7, 11) is 0. The van der Waals surface area contributed by atoms with Crippen molar-refractivity contribution in [1.29, 1.82) is 0 Å². The number of fused-ring (bicyclic) bond motifs is 1. The van der Waals surface area contributed by atoms with Crippen molar-refractivity contribution in [3.8, 4) is 11.5 Å². The second-order valence-corrected chi connectivity index (χ2v) is 8.85. The van der Waals surface area contributed by atoms with Gasteiger partial charge in [0, 0.05) is 0 Å². The number of aliphatic hydroxyl groups excluding tert-OH is 1. The molecular weight excluding hydrogens is 412 g/mol. The van der Waals surface area contributed by atoms with Crippen molar-refractivity contribution in [2.75, 3.05) is 6.61 Å². The highest BCUT2D eigenvalue weighted by Gasteiger charge is 2.16. The number of aromatic nitrogens is 2. The summed E-state index contributed by atoms with van der Waals surface area (Å²) >= 11 is 0. The molecule has 33 heavy (non-hydrogen) atoms. The Balaban J connectivity index is 1.51. The number of rotatable bonds is 8. The lowest BCUT2D eigenvalue weighted by molar-refractivity contribution is 0.0913. The molecule has 0 aliphatic rings. The third kappa shape index (κ3) is 5.20. The predicted octanol–water partition coefficient (Wildman–Crippen LogP) is 5.60. The van der Waals surface area contributed by atoms with Crippen molar-refractivity contribution in [3.05, 3.63) is 88.2 Å². The second-order valence-electron chi connectivity index (χ2n) is 8.85. The van der Waals surface area contributed by atoms with Gasteiger partial charge >= 0.3 is 0 Å². The summed E-state index contributed by atoms with van der Waals surface area (Å²) in [5.74, 6) is 2.44. The van der Waals surface area contributed by atoms with Crippen LogP contribution in [0.2, 0.25) is 0 Å². The summed E-state index contributed by atoms with van der Waals surface area (Å²) in [4.78, 5) is 4.77. The molecule has 172 valence electrons. The summed E-state index contributed by atoms with van der Waals surface area (Å²) in [6.45, 7) is 11.2. The van der Waals surface area contributed by atoms with E-state index in [1.165, 1.54) is 11.1 Å². The summed E-state index contributed by atoms with van der Waals surface area (Å²) < 4.78 is 14.1. The van der Waals surface area contributed by atoms with E-state index >= 15 is 0 Å². The molecule has 0 spiro atoms. The van der Waals surface area contributed by atoms with Gasteiger partial charge < -0.3 is 19.1 Å². The van der Waals surface area contributed by atoms with Crippen LogP contribution in [0.15, 0.2) is 54.6 Å². The molecule has 0 aliphatic carbocycles. The van der Waals surface area contributed by atoms with Gasteiger partial charge in [0.25, 0.3) is 0 Å². The third-order valence-electron chi connectivity index (χ3n) is 6.01. The van der Waals surface area contributed by atoms with Crippen LogP contribution in [0.5, 0.6) is 11.5 Å². The minimum atomic E-state index is -0.692. The van der Waals surface area contributed by atoms with E-state index in [-0.39, 0.29) is 6.61 Å². The van der Waals surface area contributed by atoms with E-state index in [0.29, 0.717) is 13.2 Å². The number of ether oxygens (including phenoxy) is 2. The fourth-order valence-electron chi connectivity index (χ4n) is 4.14. The van der Waals surface area contributed by atoms with Crippen LogP contribution in [0, 0.1) is 34.6 Å². The maximum atomic E-state index is 10.8. The minimum Gasteiger partial charge on any atom is -0.491 e. The maximum Gasteiger partial charge on any atom is 0.148 e. The molecule has 0 radical (unpaired) electrons. The normalized spacial score (nSPS) is 12.2. The van der Waals surface area contributed by atoms with Crippen molar-refractivity contribution >= 4 is 11.0 Å². The van der Waals surface area contributed by atoms with Crippen molar-refractivity contribution < 1.29 is 14.6 Å². The van der Waals surface area contributed by atoms with E-state index in [9.17, 15) is 5.11 Å². The number of imidazole rings is 1. The number of hydrogen-bond donors (Lipinski definition) is 1. The zero-order valence-corrected chi connectivity index (χ0v) is 20.1. The Labute approximate surface area is 195 Å². The number of aryl methyl sites for hydroxylation is 4. The molecule has 1 aromatic heterocycles. The predicted molar refractivity (Wildman–Crippen MR) is 132 cm³/mol. The third-order valence-corrected chi connectivity index (χ3v) is 6.01. The summed E-state index contributed by atoms with van der Waals surface area (Å²) in [5, 5.41) is 10.8. The smallest absolute Gasteiger partial charge is 0.148 e. The number of nitrogens with zero attached hydrogens (tertiary/aromatic N) is 2. The van der Waals surface area contributed by atoms with Crippen LogP contribution in [0.1, 0.15) is 33.6 Å². The van der Waals surface area contributed by atoms with Crippen molar-refractivity contribution in [1.82, 2.24) is 9.55 Å². The van der Waals surface area contributed by atoms with Gasteiger partial charge in [-0.1, -0.05) is 35.9 Å². The highest BCUT2D eigenvalue weighted by molar-refractivity contribution is 5.75. The van der Waals surface area contributed by atoms with E-state index in [4.69, 9.17) is 14.5 Å². The molecule has 5 nitrogen and oxygen atoms in total. The SMILES string of the molecule is Cc1ccc(OCc2nc3ccccc3n2CC(O)COc2cc(C)cc(C)c2C)c(C)c1. The van der Waals surface area contributed by atoms with Gasteiger partial charge in [0.1, 0.15) is 36.6 Å². The van der Waals surface area contributed by atoms with Crippen molar-refractivity contribution in [2.45, 2.75) is 53.9 Å². The lowest BCUT2D eigenvalue weighted by Crippen LogP contribution is -2.25. The van der Waals surface area contributed by atoms with Gasteiger partial charge in [0.2, 0.25) is 0 Å². The average molecular weight is 445 g/mol. The molecule has 4 aromatic rings. The molecule has 0 saturated heterocycles. The highest BCUT2D eigenvalue weighted by atomic mass is 16.5. The molecular formula is C28H32N2O3. The second kappa shape index (κ2) is 9.67. The molecule has 1 heterocycles. The fourth-order valence-corrected chi connectivity index (χ4v) is 4.14. The molecule has 1 unspecified atom stereocenters. The lowest BCUT2D eigenvalue weighted by Gasteiger charge is -2.18. The van der Waals surface area contributed by atoms with Gasteiger partial charge in [0.05, 0.1) is 17.6 Å². The number of hydrogen-bond acceptors (Lipinski definition) is 4. The van der Waals surface area contributed by atoms with Crippen LogP contribution in [0.25, 0.3) is 11.0 Å². The molecule has 0 amide bonds. The topological polar surface area (TPSA) is 56.5 Å². The van der Waals surface area contributed by atoms with Gasteiger partial charge in [0.15, 0.2) is 0 Å². The lowest BCUT2D eigenvalue weighted by atomic mass is 10.1. The Kier molecular flexibility index (Phi) is 6.70. The quantitative estimate of drug-likeness (QED) is 0.384. The molecule has 5 heteroatoms. The van der Waals surface area contributed by atoms with E-state index < -0.39 is 6.10 Å². The monoisotopic (exact) mass is 444 g/mol. The minimum absolute atomic E-state index is 0.202. The van der Waals surface area contributed by atoms with E-state index in [0.717, 1.165) is 45.0 Å². The van der Waals surface area contributed by atoms with Crippen LogP contribution in [0.3, 0.4) is 0 Å². The average Bonchev–Trinajstić information content (AvgIpc) is 3.12. The standard InChI is InChI=1S/C28H32N2O3/c1-18-10-11-26(21(4)12-18)33-17-28-29-24-8-6-7-9-25(24)30(28)15-23(31)16-32-27-14-19(2)13-20(3)22(27)5/h6-14,23,31H,15-17H2,1-5H3. The Morgan fingerprint density at radius 3 is 2.39 bits per heavy atom. The molecule has 0 bridgehead atoms. The van der Waals surface area contributed by atoms with E-state index in [2.05, 4.69) is 32.9 Å². The largest absolute Gasteiger partial charge is 0.491 e. The molecule has 1 N–H and O–H groups in total. The van der Waals surface area contributed by atoms with Gasteiger partial charge in [-0.15, -0.1) is 0 Å². The first-order valence-electron chi connectivity index (χ1n) is 11.3. The molecule has 0 aliphatic heterocycles. The van der Waals surface area contributed by atoms with Crippen LogP contribution in [0.4, 0.5) is 0 Å². The Hall–Kier alpha value is -3.31. The van der Waals surface area contributed by atoms with Crippen molar-refractivity contribution in [3.63, 3.8) is 0 Å². The number of aliphatic hydroxyl groups is 1. The number of benzene rings is 3. The number of para-hydroxylation sites is 2. The highest BCUT2D eigenvalue weighted by Crippen LogP contribution is 2.25. The molecule has 1 atom stereocenters. The summed E-state index contributed by atoms with van der Waals surface area (Å²) in [5.41, 5.74) is 7.58. The van der Waals surface area contributed by atoms with E-state index in [1.54, 1.807) is 0 Å². The fraction of sp³-hybridized carbons (Fsp3) is 0.321. The zero-order chi connectivity index (χ0) is 23.5. The van der Waals surface area contributed by atoms with E-state index in [1.807, 2.05) is 60.9 Å². The first kappa shape index (κ1) is 22.9. The Morgan fingerprint density at radius 1 is 0.848 bits per heavy atom.